The highest BCUT2D eigenvalue weighted by atomic mass is 35.5. The first-order valence-electron chi connectivity index (χ1n) is 9.15. The minimum Gasteiger partial charge on any atom is -0.342 e. The summed E-state index contributed by atoms with van der Waals surface area (Å²) in [7, 11) is 0. The van der Waals surface area contributed by atoms with Gasteiger partial charge in [0.1, 0.15) is 0 Å². The van der Waals surface area contributed by atoms with E-state index in [1.54, 1.807) is 0 Å². The number of amides is 2. The van der Waals surface area contributed by atoms with Crippen LogP contribution in [0.2, 0.25) is 5.02 Å². The molecule has 2 heterocycles. The second-order valence-corrected chi connectivity index (χ2v) is 8.05. The van der Waals surface area contributed by atoms with Crippen molar-refractivity contribution in [2.45, 2.75) is 19.9 Å². The number of carbonyl (C=O) groups excluding carboxylic acids is 2. The van der Waals surface area contributed by atoms with Gasteiger partial charge < -0.3 is 4.57 Å². The number of thioether (sulfide) groups is 1. The van der Waals surface area contributed by atoms with Gasteiger partial charge in [0, 0.05) is 40.8 Å². The number of fused-ring (bicyclic) bond motifs is 1. The largest absolute Gasteiger partial charge is 0.342 e. The zero-order valence-electron chi connectivity index (χ0n) is 15.4. The van der Waals surface area contributed by atoms with Crippen LogP contribution in [0, 0.1) is 0 Å². The van der Waals surface area contributed by atoms with Gasteiger partial charge in [-0.3, -0.25) is 14.5 Å². The molecule has 6 heteroatoms. The van der Waals surface area contributed by atoms with Crippen LogP contribution >= 0.6 is 23.4 Å². The molecule has 2 amide bonds. The molecule has 1 aliphatic heterocycles. The van der Waals surface area contributed by atoms with E-state index in [1.165, 1.54) is 4.90 Å². The van der Waals surface area contributed by atoms with E-state index in [2.05, 4.69) is 4.57 Å². The molecule has 0 N–H and O–H groups in total. The Morgan fingerprint density at radius 2 is 1.82 bits per heavy atom. The number of rotatable bonds is 5. The van der Waals surface area contributed by atoms with Crippen molar-refractivity contribution >= 4 is 51.5 Å². The lowest BCUT2D eigenvalue weighted by molar-refractivity contribution is -0.122. The maximum absolute atomic E-state index is 12.6. The van der Waals surface area contributed by atoms with Crippen LogP contribution in [0.3, 0.4) is 0 Å². The Labute approximate surface area is 172 Å². The molecule has 4 nitrogen and oxygen atoms in total. The van der Waals surface area contributed by atoms with Crippen LogP contribution in [0.4, 0.5) is 4.79 Å². The molecule has 2 aromatic carbocycles. The number of halogens is 1. The fraction of sp³-hybridized carbons (Fsp3) is 0.182. The van der Waals surface area contributed by atoms with E-state index in [-0.39, 0.29) is 11.1 Å². The molecule has 1 aromatic heterocycles. The van der Waals surface area contributed by atoms with Crippen molar-refractivity contribution in [3.8, 4) is 0 Å². The molecule has 3 aromatic rings. The number of carbonyl (C=O) groups is 2. The van der Waals surface area contributed by atoms with Crippen molar-refractivity contribution in [3.05, 3.63) is 75.8 Å². The molecular weight excluding hydrogens is 392 g/mol. The summed E-state index contributed by atoms with van der Waals surface area (Å²) < 4.78 is 2.12. The zero-order valence-corrected chi connectivity index (χ0v) is 17.0. The zero-order chi connectivity index (χ0) is 19.7. The Bertz CT molecular complexity index is 1100. The average molecular weight is 411 g/mol. The van der Waals surface area contributed by atoms with Gasteiger partial charge in [-0.25, -0.2) is 0 Å². The summed E-state index contributed by atoms with van der Waals surface area (Å²) in [6.07, 6.45) is 4.59. The number of aromatic nitrogens is 1. The molecule has 0 bridgehead atoms. The monoisotopic (exact) mass is 410 g/mol. The third-order valence-electron chi connectivity index (χ3n) is 4.73. The van der Waals surface area contributed by atoms with Gasteiger partial charge in [0.2, 0.25) is 0 Å². The highest BCUT2D eigenvalue weighted by Crippen LogP contribution is 2.34. The van der Waals surface area contributed by atoms with Crippen molar-refractivity contribution in [1.82, 2.24) is 9.47 Å². The van der Waals surface area contributed by atoms with E-state index < -0.39 is 0 Å². The van der Waals surface area contributed by atoms with Gasteiger partial charge in [-0.2, -0.15) is 0 Å². The Morgan fingerprint density at radius 3 is 2.61 bits per heavy atom. The quantitative estimate of drug-likeness (QED) is 0.500. The normalized spacial score (nSPS) is 15.9. The Balaban J connectivity index is 1.74. The maximum Gasteiger partial charge on any atom is 0.293 e. The van der Waals surface area contributed by atoms with Crippen LogP contribution in [0.15, 0.2) is 59.6 Å². The fourth-order valence-electron chi connectivity index (χ4n) is 3.39. The van der Waals surface area contributed by atoms with E-state index >= 15 is 0 Å². The fourth-order valence-corrected chi connectivity index (χ4v) is 4.44. The van der Waals surface area contributed by atoms with E-state index in [0.717, 1.165) is 45.2 Å². The van der Waals surface area contributed by atoms with E-state index in [0.29, 0.717) is 18.0 Å². The molecular formula is C22H19ClN2O2S. The Kier molecular flexibility index (Phi) is 5.29. The van der Waals surface area contributed by atoms with Crippen LogP contribution in [0.5, 0.6) is 0 Å². The van der Waals surface area contributed by atoms with Crippen LogP contribution in [0.25, 0.3) is 17.0 Å². The lowest BCUT2D eigenvalue weighted by atomic mass is 10.1. The summed E-state index contributed by atoms with van der Waals surface area (Å²) in [4.78, 5) is 26.5. The molecule has 0 aliphatic carbocycles. The molecule has 1 aliphatic rings. The lowest BCUT2D eigenvalue weighted by Crippen LogP contribution is -2.28. The van der Waals surface area contributed by atoms with Gasteiger partial charge in [-0.1, -0.05) is 54.9 Å². The smallest absolute Gasteiger partial charge is 0.293 e. The second kappa shape index (κ2) is 7.86. The van der Waals surface area contributed by atoms with Crippen molar-refractivity contribution in [3.63, 3.8) is 0 Å². The topological polar surface area (TPSA) is 42.3 Å². The number of nitrogens with zero attached hydrogens (tertiary/aromatic N) is 2. The number of hydrogen-bond acceptors (Lipinski definition) is 3. The molecule has 4 rings (SSSR count). The van der Waals surface area contributed by atoms with Crippen LogP contribution in [-0.2, 0) is 11.3 Å². The van der Waals surface area contributed by atoms with Crippen LogP contribution < -0.4 is 0 Å². The van der Waals surface area contributed by atoms with E-state index in [4.69, 9.17) is 11.6 Å². The first-order valence-corrected chi connectivity index (χ1v) is 10.3. The lowest BCUT2D eigenvalue weighted by Gasteiger charge is -2.09. The summed E-state index contributed by atoms with van der Waals surface area (Å²) in [5.74, 6) is -0.209. The molecule has 0 saturated carbocycles. The van der Waals surface area contributed by atoms with Gasteiger partial charge >= 0.3 is 0 Å². The highest BCUT2D eigenvalue weighted by molar-refractivity contribution is 8.18. The third kappa shape index (κ3) is 3.48. The van der Waals surface area contributed by atoms with Gasteiger partial charge in [-0.15, -0.1) is 0 Å². The highest BCUT2D eigenvalue weighted by Gasteiger charge is 2.34. The standard InChI is InChI=1S/C22H19ClN2O2S/c1-2-11-25-21(26)20(28-22(25)27)12-16-14-24(19-10-6-4-8-17(16)19)13-15-7-3-5-9-18(15)23/h3-10,12,14H,2,11,13H2,1H3/b20-12+. The van der Waals surface area contributed by atoms with Gasteiger partial charge in [0.15, 0.2) is 0 Å². The van der Waals surface area contributed by atoms with Crippen molar-refractivity contribution in [2.75, 3.05) is 6.54 Å². The Hall–Kier alpha value is -2.50. The SMILES string of the molecule is CCCN1C(=O)S/C(=C/c2cn(Cc3ccccc3Cl)c3ccccc23)C1=O. The summed E-state index contributed by atoms with van der Waals surface area (Å²) in [5.41, 5.74) is 3.01. The van der Waals surface area contributed by atoms with E-state index in [1.807, 2.05) is 67.7 Å². The second-order valence-electron chi connectivity index (χ2n) is 6.65. The molecule has 1 saturated heterocycles. The summed E-state index contributed by atoms with van der Waals surface area (Å²) in [6.45, 7) is 3.04. The molecule has 0 unspecified atom stereocenters. The molecule has 28 heavy (non-hydrogen) atoms. The first kappa shape index (κ1) is 18.8. The predicted octanol–water partition coefficient (Wildman–Crippen LogP) is 5.79. The van der Waals surface area contributed by atoms with E-state index in [9.17, 15) is 9.59 Å². The maximum atomic E-state index is 12.6. The van der Waals surface area contributed by atoms with Gasteiger partial charge in [-0.05, 0) is 42.0 Å². The average Bonchev–Trinajstić information content (AvgIpc) is 3.17. The molecule has 142 valence electrons. The predicted molar refractivity (Wildman–Crippen MR) is 115 cm³/mol. The number of benzene rings is 2. The first-order chi connectivity index (χ1) is 13.6. The van der Waals surface area contributed by atoms with Gasteiger partial charge in [0.25, 0.3) is 11.1 Å². The summed E-state index contributed by atoms with van der Waals surface area (Å²) >= 11 is 7.34. The minimum atomic E-state index is -0.209. The molecule has 0 radical (unpaired) electrons. The molecule has 1 fully saturated rings. The summed E-state index contributed by atoms with van der Waals surface area (Å²) in [5, 5.41) is 1.57. The van der Waals surface area contributed by atoms with Crippen LogP contribution in [0.1, 0.15) is 24.5 Å². The number of para-hydroxylation sites is 1. The Morgan fingerprint density at radius 1 is 1.07 bits per heavy atom. The summed E-state index contributed by atoms with van der Waals surface area (Å²) in [6, 6.07) is 15.8. The number of imide groups is 1. The molecule has 0 spiro atoms. The van der Waals surface area contributed by atoms with Crippen molar-refractivity contribution in [2.24, 2.45) is 0 Å². The van der Waals surface area contributed by atoms with Crippen molar-refractivity contribution < 1.29 is 9.59 Å². The third-order valence-corrected chi connectivity index (χ3v) is 6.00. The van der Waals surface area contributed by atoms with Crippen molar-refractivity contribution in [1.29, 1.82) is 0 Å². The van der Waals surface area contributed by atoms with Gasteiger partial charge in [0.05, 0.1) is 4.91 Å². The number of hydrogen-bond donors (Lipinski definition) is 0. The molecule has 0 atom stereocenters. The van der Waals surface area contributed by atoms with Crippen LogP contribution in [-0.4, -0.2) is 27.2 Å². The minimum absolute atomic E-state index is 0.196.